The lowest BCUT2D eigenvalue weighted by Crippen LogP contribution is -2.14. The number of hydrogen-bond acceptors (Lipinski definition) is 5. The van der Waals surface area contributed by atoms with Crippen LogP contribution in [0.4, 0.5) is 13.2 Å². The quantitative estimate of drug-likeness (QED) is 0.181. The predicted octanol–water partition coefficient (Wildman–Crippen LogP) is 7.77. The highest BCUT2D eigenvalue weighted by Gasteiger charge is 2.29. The molecule has 0 fully saturated rings. The molecule has 8 heteroatoms. The van der Waals surface area contributed by atoms with Crippen LogP contribution in [0.5, 0.6) is 5.75 Å². The van der Waals surface area contributed by atoms with Gasteiger partial charge in [-0.2, -0.15) is 13.2 Å². The van der Waals surface area contributed by atoms with Gasteiger partial charge in [-0.15, -0.1) is 0 Å². The number of carbonyl (C=O) groups is 2. The van der Waals surface area contributed by atoms with Gasteiger partial charge in [-0.05, 0) is 78.7 Å². The van der Waals surface area contributed by atoms with Gasteiger partial charge in [0.25, 0.3) is 0 Å². The summed E-state index contributed by atoms with van der Waals surface area (Å²) < 4.78 is 44.9. The van der Waals surface area contributed by atoms with Crippen LogP contribution in [0, 0.1) is 13.8 Å². The molecule has 0 saturated carbocycles. The van der Waals surface area contributed by atoms with Gasteiger partial charge in [-0.3, -0.25) is 4.79 Å². The number of aldehydes is 2. The third-order valence-electron chi connectivity index (χ3n) is 6.30. The zero-order chi connectivity index (χ0) is 31.0. The van der Waals surface area contributed by atoms with Crippen LogP contribution in [0.3, 0.4) is 0 Å². The lowest BCUT2D eigenvalue weighted by Gasteiger charge is -2.22. The van der Waals surface area contributed by atoms with E-state index in [1.807, 2.05) is 33.0 Å². The summed E-state index contributed by atoms with van der Waals surface area (Å²) in [4.78, 5) is 20.5. The summed E-state index contributed by atoms with van der Waals surface area (Å²) in [5.41, 5.74) is 6.52. The Morgan fingerprint density at radius 2 is 1.44 bits per heavy atom. The molecular formula is C33H42F3NO4. The van der Waals surface area contributed by atoms with E-state index in [2.05, 4.69) is 43.4 Å². The van der Waals surface area contributed by atoms with Crippen molar-refractivity contribution in [3.8, 4) is 16.9 Å². The second-order valence-electron chi connectivity index (χ2n) is 9.81. The van der Waals surface area contributed by atoms with E-state index < -0.39 is 18.7 Å². The number of rotatable bonds is 11. The van der Waals surface area contributed by atoms with E-state index in [1.54, 1.807) is 24.3 Å². The number of carbonyl (C=O) groups excluding carboxylic acids is 2. The second kappa shape index (κ2) is 18.0. The number of alkyl halides is 3. The molecule has 0 bridgehead atoms. The molecule has 0 aliphatic heterocycles. The van der Waals surface area contributed by atoms with Gasteiger partial charge in [0, 0.05) is 32.1 Å². The van der Waals surface area contributed by atoms with Crippen LogP contribution in [-0.2, 0) is 4.79 Å². The minimum Gasteiger partial charge on any atom is -0.486 e. The standard InChI is InChI=1S/C28H29F3O2.C4H9NO.CH4O/c1-18(2)22-9-11-24(12-10-22)27-19(3)15-25(16-20(27)4)33-26(13-14-28(29,30)31)23-7-5-21(17-32)6-8-23;1-5-3-2-4-6;1-2/h5-12,15-18,26H,13-14H2,1-4H3;4-5H,2-3H2,1H3;2H,1H3. The Morgan fingerprint density at radius 1 is 0.902 bits per heavy atom. The molecule has 3 aromatic carbocycles. The summed E-state index contributed by atoms with van der Waals surface area (Å²) in [6.45, 7) is 9.06. The number of aryl methyl sites for hydroxylation is 2. The van der Waals surface area contributed by atoms with E-state index in [1.165, 1.54) is 5.56 Å². The van der Waals surface area contributed by atoms with Crippen molar-refractivity contribution >= 4 is 12.6 Å². The first-order valence-corrected chi connectivity index (χ1v) is 13.5. The Hall–Kier alpha value is -3.49. The number of hydrogen-bond donors (Lipinski definition) is 2. The molecule has 0 heterocycles. The Kier molecular flexibility index (Phi) is 15.6. The molecule has 0 aliphatic rings. The van der Waals surface area contributed by atoms with Crippen LogP contribution in [0.15, 0.2) is 60.7 Å². The minimum absolute atomic E-state index is 0.208. The first-order chi connectivity index (χ1) is 19.5. The number of halogens is 3. The van der Waals surface area contributed by atoms with Crippen molar-refractivity contribution in [2.75, 3.05) is 20.7 Å². The Labute approximate surface area is 241 Å². The van der Waals surface area contributed by atoms with Gasteiger partial charge in [0.2, 0.25) is 0 Å². The largest absolute Gasteiger partial charge is 0.486 e. The van der Waals surface area contributed by atoms with Crippen LogP contribution < -0.4 is 10.1 Å². The number of aliphatic hydroxyl groups excluding tert-OH is 1. The summed E-state index contributed by atoms with van der Waals surface area (Å²) in [6, 6.07) is 18.7. The maximum atomic E-state index is 12.9. The zero-order valence-electron chi connectivity index (χ0n) is 24.7. The fraction of sp³-hybridized carbons (Fsp3) is 0.394. The molecule has 0 aromatic heterocycles. The van der Waals surface area contributed by atoms with E-state index in [0.717, 1.165) is 42.2 Å². The third kappa shape index (κ3) is 12.3. The maximum absolute atomic E-state index is 12.9. The van der Waals surface area contributed by atoms with Crippen molar-refractivity contribution in [1.82, 2.24) is 5.32 Å². The van der Waals surface area contributed by atoms with E-state index in [0.29, 0.717) is 35.5 Å². The number of aliphatic hydroxyl groups is 1. The van der Waals surface area contributed by atoms with Gasteiger partial charge < -0.3 is 20.0 Å². The molecule has 1 unspecified atom stereocenters. The number of nitrogens with one attached hydrogen (secondary N) is 1. The molecule has 1 atom stereocenters. The molecule has 3 rings (SSSR count). The van der Waals surface area contributed by atoms with Crippen molar-refractivity contribution in [1.29, 1.82) is 0 Å². The van der Waals surface area contributed by atoms with Crippen molar-refractivity contribution in [2.24, 2.45) is 0 Å². The highest BCUT2D eigenvalue weighted by atomic mass is 19.4. The van der Waals surface area contributed by atoms with Gasteiger partial charge in [0.05, 0.1) is 0 Å². The molecule has 41 heavy (non-hydrogen) atoms. The van der Waals surface area contributed by atoms with Gasteiger partial charge in [0.1, 0.15) is 24.4 Å². The first-order valence-electron chi connectivity index (χ1n) is 13.5. The monoisotopic (exact) mass is 573 g/mol. The summed E-state index contributed by atoms with van der Waals surface area (Å²) in [5.74, 6) is 0.977. The fourth-order valence-electron chi connectivity index (χ4n) is 4.23. The minimum atomic E-state index is -4.28. The Morgan fingerprint density at radius 3 is 1.85 bits per heavy atom. The predicted molar refractivity (Wildman–Crippen MR) is 159 cm³/mol. The van der Waals surface area contributed by atoms with E-state index in [4.69, 9.17) is 9.84 Å². The Balaban J connectivity index is 0.000000931. The molecule has 0 spiro atoms. The van der Waals surface area contributed by atoms with E-state index >= 15 is 0 Å². The van der Waals surface area contributed by atoms with Crippen LogP contribution in [0.2, 0.25) is 0 Å². The van der Waals surface area contributed by atoms with Gasteiger partial charge in [-0.1, -0.05) is 62.4 Å². The molecular weight excluding hydrogens is 531 g/mol. The van der Waals surface area contributed by atoms with Crippen LogP contribution in [0.25, 0.3) is 11.1 Å². The smallest absolute Gasteiger partial charge is 0.389 e. The van der Waals surface area contributed by atoms with E-state index in [9.17, 15) is 22.8 Å². The van der Waals surface area contributed by atoms with Gasteiger partial charge >= 0.3 is 6.18 Å². The van der Waals surface area contributed by atoms with Crippen molar-refractivity contribution in [2.45, 2.75) is 65.2 Å². The molecule has 0 saturated heterocycles. The van der Waals surface area contributed by atoms with Crippen molar-refractivity contribution < 1.29 is 32.6 Å². The van der Waals surface area contributed by atoms with Gasteiger partial charge in [-0.25, -0.2) is 0 Å². The second-order valence-corrected chi connectivity index (χ2v) is 9.81. The average molecular weight is 574 g/mol. The average Bonchev–Trinajstić information content (AvgIpc) is 2.95. The zero-order valence-corrected chi connectivity index (χ0v) is 24.7. The van der Waals surface area contributed by atoms with Crippen LogP contribution >= 0.6 is 0 Å². The molecule has 3 aromatic rings. The fourth-order valence-corrected chi connectivity index (χ4v) is 4.23. The molecule has 224 valence electrons. The van der Waals surface area contributed by atoms with Crippen LogP contribution in [0.1, 0.15) is 77.7 Å². The Bertz CT molecular complexity index is 1170. The molecule has 0 aliphatic carbocycles. The summed E-state index contributed by atoms with van der Waals surface area (Å²) in [7, 11) is 2.82. The SMILES string of the molecule is CNCCC=O.CO.Cc1cc(OC(CCC(F)(F)F)c2ccc(C=O)cc2)cc(C)c1-c1ccc(C(C)C)cc1. The normalized spacial score (nSPS) is 11.5. The lowest BCUT2D eigenvalue weighted by molar-refractivity contribution is -0.139. The molecule has 5 nitrogen and oxygen atoms in total. The molecule has 0 radical (unpaired) electrons. The van der Waals surface area contributed by atoms with Gasteiger partial charge in [0.15, 0.2) is 0 Å². The van der Waals surface area contributed by atoms with Crippen molar-refractivity contribution in [3.63, 3.8) is 0 Å². The maximum Gasteiger partial charge on any atom is 0.389 e. The molecule has 2 N–H and O–H groups in total. The van der Waals surface area contributed by atoms with Crippen molar-refractivity contribution in [3.05, 3.63) is 88.5 Å². The van der Waals surface area contributed by atoms with Crippen LogP contribution in [-0.4, -0.2) is 44.6 Å². The summed E-state index contributed by atoms with van der Waals surface area (Å²) >= 11 is 0. The summed E-state index contributed by atoms with van der Waals surface area (Å²) in [5, 5.41) is 9.84. The topological polar surface area (TPSA) is 75.6 Å². The summed E-state index contributed by atoms with van der Waals surface area (Å²) in [6.07, 6.45) is -3.99. The molecule has 0 amide bonds. The number of ether oxygens (including phenoxy) is 1. The third-order valence-corrected chi connectivity index (χ3v) is 6.30. The highest BCUT2D eigenvalue weighted by Crippen LogP contribution is 2.36. The number of benzene rings is 3. The first kappa shape index (κ1) is 35.5. The highest BCUT2D eigenvalue weighted by molar-refractivity contribution is 5.74. The lowest BCUT2D eigenvalue weighted by atomic mass is 9.93. The van der Waals surface area contributed by atoms with E-state index in [-0.39, 0.29) is 6.42 Å².